The smallest absolute Gasteiger partial charge is 0.124 e. The van der Waals surface area contributed by atoms with Crippen LogP contribution in [0.15, 0.2) is 46.9 Å². The van der Waals surface area contributed by atoms with E-state index in [1.54, 1.807) is 0 Å². The molecule has 0 fully saturated rings. The van der Waals surface area contributed by atoms with Crippen molar-refractivity contribution in [1.82, 2.24) is 5.32 Å². The SMILES string of the molecule is CCCOc1ccccc1C(NC)c1ccc(Br)c(Cl)c1. The number of halogens is 2. The summed E-state index contributed by atoms with van der Waals surface area (Å²) in [6, 6.07) is 14.2. The Morgan fingerprint density at radius 2 is 2.00 bits per heavy atom. The highest BCUT2D eigenvalue weighted by Crippen LogP contribution is 2.33. The average Bonchev–Trinajstić information content (AvgIpc) is 2.50. The number of nitrogens with one attached hydrogen (secondary N) is 1. The lowest BCUT2D eigenvalue weighted by Gasteiger charge is -2.21. The number of benzene rings is 2. The van der Waals surface area contributed by atoms with Crippen LogP contribution in [0.3, 0.4) is 0 Å². The van der Waals surface area contributed by atoms with Crippen LogP contribution in [-0.4, -0.2) is 13.7 Å². The molecular formula is C17H19BrClNO. The lowest BCUT2D eigenvalue weighted by Crippen LogP contribution is -2.18. The molecule has 0 aliphatic heterocycles. The molecule has 0 aromatic heterocycles. The first kappa shape index (κ1) is 16.3. The molecule has 112 valence electrons. The second-order valence-electron chi connectivity index (χ2n) is 4.78. The number of ether oxygens (including phenoxy) is 1. The van der Waals surface area contributed by atoms with Crippen LogP contribution in [0.1, 0.15) is 30.5 Å². The average molecular weight is 369 g/mol. The van der Waals surface area contributed by atoms with Gasteiger partial charge in [0.05, 0.1) is 17.7 Å². The molecule has 2 aromatic carbocycles. The van der Waals surface area contributed by atoms with Crippen molar-refractivity contribution < 1.29 is 4.74 Å². The van der Waals surface area contributed by atoms with Crippen molar-refractivity contribution in [3.05, 3.63) is 63.1 Å². The first-order chi connectivity index (χ1) is 10.2. The van der Waals surface area contributed by atoms with E-state index in [4.69, 9.17) is 16.3 Å². The molecule has 21 heavy (non-hydrogen) atoms. The van der Waals surface area contributed by atoms with E-state index in [-0.39, 0.29) is 6.04 Å². The first-order valence-electron chi connectivity index (χ1n) is 7.01. The van der Waals surface area contributed by atoms with Crippen molar-refractivity contribution in [2.24, 2.45) is 0 Å². The van der Waals surface area contributed by atoms with Crippen molar-refractivity contribution >= 4 is 27.5 Å². The Balaban J connectivity index is 2.38. The van der Waals surface area contributed by atoms with Crippen molar-refractivity contribution in [3.63, 3.8) is 0 Å². The second-order valence-corrected chi connectivity index (χ2v) is 6.04. The van der Waals surface area contributed by atoms with Crippen LogP contribution < -0.4 is 10.1 Å². The molecule has 1 N–H and O–H groups in total. The third kappa shape index (κ3) is 4.00. The lowest BCUT2D eigenvalue weighted by molar-refractivity contribution is 0.312. The van der Waals surface area contributed by atoms with Crippen LogP contribution in [0.2, 0.25) is 5.02 Å². The maximum Gasteiger partial charge on any atom is 0.124 e. The fourth-order valence-electron chi connectivity index (χ4n) is 2.26. The molecular weight excluding hydrogens is 350 g/mol. The van der Waals surface area contributed by atoms with E-state index in [0.29, 0.717) is 11.6 Å². The summed E-state index contributed by atoms with van der Waals surface area (Å²) in [5, 5.41) is 4.05. The Kier molecular flexibility index (Phi) is 6.09. The zero-order valence-electron chi connectivity index (χ0n) is 12.2. The molecule has 2 aromatic rings. The van der Waals surface area contributed by atoms with Gasteiger partial charge in [-0.3, -0.25) is 0 Å². The van der Waals surface area contributed by atoms with Crippen LogP contribution in [0.5, 0.6) is 5.75 Å². The molecule has 0 bridgehead atoms. The van der Waals surface area contributed by atoms with Crippen molar-refractivity contribution in [3.8, 4) is 5.75 Å². The fraction of sp³-hybridized carbons (Fsp3) is 0.294. The zero-order valence-corrected chi connectivity index (χ0v) is 14.5. The van der Waals surface area contributed by atoms with Crippen LogP contribution in [0, 0.1) is 0 Å². The quantitative estimate of drug-likeness (QED) is 0.756. The van der Waals surface area contributed by atoms with Gasteiger partial charge < -0.3 is 10.1 Å². The van der Waals surface area contributed by atoms with Crippen LogP contribution in [-0.2, 0) is 0 Å². The summed E-state index contributed by atoms with van der Waals surface area (Å²) in [6.45, 7) is 2.82. The van der Waals surface area contributed by atoms with Gasteiger partial charge in [0.1, 0.15) is 5.75 Å². The standard InChI is InChI=1S/C17H19BrClNO/c1-3-10-21-16-7-5-4-6-13(16)17(20-2)12-8-9-14(18)15(19)11-12/h4-9,11,17,20H,3,10H2,1-2H3. The van der Waals surface area contributed by atoms with Crippen LogP contribution in [0.25, 0.3) is 0 Å². The van der Waals surface area contributed by atoms with Crippen LogP contribution >= 0.6 is 27.5 Å². The van der Waals surface area contributed by atoms with E-state index >= 15 is 0 Å². The van der Waals surface area contributed by atoms with Gasteiger partial charge in [-0.2, -0.15) is 0 Å². The molecule has 0 heterocycles. The van der Waals surface area contributed by atoms with Gasteiger partial charge in [0.25, 0.3) is 0 Å². The highest BCUT2D eigenvalue weighted by Gasteiger charge is 2.17. The van der Waals surface area contributed by atoms with Gasteiger partial charge >= 0.3 is 0 Å². The molecule has 0 aliphatic carbocycles. The Morgan fingerprint density at radius 3 is 2.67 bits per heavy atom. The van der Waals surface area contributed by atoms with Gasteiger partial charge in [0.15, 0.2) is 0 Å². The molecule has 0 aliphatic rings. The van der Waals surface area contributed by atoms with Crippen molar-refractivity contribution in [2.45, 2.75) is 19.4 Å². The monoisotopic (exact) mass is 367 g/mol. The van der Waals surface area contributed by atoms with E-state index in [9.17, 15) is 0 Å². The van der Waals surface area contributed by atoms with Crippen molar-refractivity contribution in [1.29, 1.82) is 0 Å². The van der Waals surface area contributed by atoms with Gasteiger partial charge in [-0.1, -0.05) is 42.8 Å². The van der Waals surface area contributed by atoms with Gasteiger partial charge in [-0.15, -0.1) is 0 Å². The molecule has 0 radical (unpaired) electrons. The summed E-state index contributed by atoms with van der Waals surface area (Å²) in [7, 11) is 1.94. The number of para-hydroxylation sites is 1. The van der Waals surface area contributed by atoms with E-state index in [2.05, 4.69) is 40.3 Å². The fourth-order valence-corrected chi connectivity index (χ4v) is 2.69. The molecule has 2 rings (SSSR count). The minimum Gasteiger partial charge on any atom is -0.493 e. The summed E-state index contributed by atoms with van der Waals surface area (Å²) in [6.07, 6.45) is 0.989. The molecule has 0 saturated carbocycles. The largest absolute Gasteiger partial charge is 0.493 e. The number of hydrogen-bond acceptors (Lipinski definition) is 2. The highest BCUT2D eigenvalue weighted by molar-refractivity contribution is 9.10. The maximum atomic E-state index is 6.22. The predicted molar refractivity (Wildman–Crippen MR) is 92.3 cm³/mol. The summed E-state index contributed by atoms with van der Waals surface area (Å²) in [4.78, 5) is 0. The zero-order chi connectivity index (χ0) is 15.2. The molecule has 4 heteroatoms. The minimum atomic E-state index is 0.0451. The van der Waals surface area contributed by atoms with Crippen molar-refractivity contribution in [2.75, 3.05) is 13.7 Å². The summed E-state index contributed by atoms with van der Waals surface area (Å²) < 4.78 is 6.76. The Bertz CT molecular complexity index is 603. The molecule has 2 nitrogen and oxygen atoms in total. The Hall–Kier alpha value is -1.03. The third-order valence-electron chi connectivity index (χ3n) is 3.26. The third-order valence-corrected chi connectivity index (χ3v) is 4.49. The molecule has 1 atom stereocenters. The highest BCUT2D eigenvalue weighted by atomic mass is 79.9. The minimum absolute atomic E-state index is 0.0451. The van der Waals surface area contributed by atoms with E-state index in [1.165, 1.54) is 0 Å². The Labute approximate surface area is 139 Å². The number of rotatable bonds is 6. The normalized spacial score (nSPS) is 12.2. The Morgan fingerprint density at radius 1 is 1.24 bits per heavy atom. The lowest BCUT2D eigenvalue weighted by atomic mass is 9.98. The summed E-state index contributed by atoms with van der Waals surface area (Å²) in [5.41, 5.74) is 2.23. The van der Waals surface area contributed by atoms with Gasteiger partial charge in [0, 0.05) is 10.0 Å². The molecule has 1 unspecified atom stereocenters. The molecule has 0 saturated heterocycles. The topological polar surface area (TPSA) is 21.3 Å². The number of hydrogen-bond donors (Lipinski definition) is 1. The van der Waals surface area contributed by atoms with Crippen LogP contribution in [0.4, 0.5) is 0 Å². The van der Waals surface area contributed by atoms with E-state index < -0.39 is 0 Å². The first-order valence-corrected chi connectivity index (χ1v) is 8.18. The second kappa shape index (κ2) is 7.83. The molecule has 0 amide bonds. The summed E-state index contributed by atoms with van der Waals surface area (Å²) >= 11 is 9.65. The molecule has 0 spiro atoms. The van der Waals surface area contributed by atoms with Gasteiger partial charge in [-0.25, -0.2) is 0 Å². The van der Waals surface area contributed by atoms with Gasteiger partial charge in [-0.05, 0) is 53.2 Å². The van der Waals surface area contributed by atoms with E-state index in [0.717, 1.165) is 27.8 Å². The predicted octanol–water partition coefficient (Wildman–Crippen LogP) is 5.20. The maximum absolute atomic E-state index is 6.22. The van der Waals surface area contributed by atoms with Gasteiger partial charge in [0.2, 0.25) is 0 Å². The van der Waals surface area contributed by atoms with E-state index in [1.807, 2.05) is 37.4 Å². The summed E-state index contributed by atoms with van der Waals surface area (Å²) in [5.74, 6) is 0.915.